The molecule has 2 rings (SSSR count). The van der Waals surface area contributed by atoms with Crippen molar-refractivity contribution in [1.82, 2.24) is 4.57 Å². The molecule has 84 valence electrons. The summed E-state index contributed by atoms with van der Waals surface area (Å²) >= 11 is 0. The minimum atomic E-state index is 0.101. The molecule has 0 radical (unpaired) electrons. The summed E-state index contributed by atoms with van der Waals surface area (Å²) < 4.78 is 2.07. The molecule has 0 atom stereocenters. The smallest absolute Gasteiger partial charge is 0.159 e. The van der Waals surface area contributed by atoms with Crippen molar-refractivity contribution in [2.24, 2.45) is 12.8 Å². The summed E-state index contributed by atoms with van der Waals surface area (Å²) in [4.78, 5) is 11.3. The van der Waals surface area contributed by atoms with Crippen LogP contribution in [0.2, 0.25) is 0 Å². The number of Topliss-reactive ketones (excluding diaryl/α,β-unsaturated/α-hetero) is 1. The van der Waals surface area contributed by atoms with E-state index >= 15 is 0 Å². The zero-order valence-corrected chi connectivity index (χ0v) is 9.66. The van der Waals surface area contributed by atoms with Gasteiger partial charge >= 0.3 is 0 Å². The molecule has 0 aliphatic heterocycles. The maximum absolute atomic E-state index is 11.3. The molecule has 3 nitrogen and oxygen atoms in total. The topological polar surface area (TPSA) is 48.0 Å². The maximum Gasteiger partial charge on any atom is 0.159 e. The number of hydrogen-bond acceptors (Lipinski definition) is 2. The van der Waals surface area contributed by atoms with Crippen LogP contribution in [-0.4, -0.2) is 16.9 Å². The van der Waals surface area contributed by atoms with E-state index in [4.69, 9.17) is 5.73 Å². The van der Waals surface area contributed by atoms with Crippen LogP contribution in [0.3, 0.4) is 0 Å². The van der Waals surface area contributed by atoms with Crippen LogP contribution in [0, 0.1) is 0 Å². The first-order valence-electron chi connectivity index (χ1n) is 5.42. The van der Waals surface area contributed by atoms with Crippen LogP contribution in [-0.2, 0) is 13.5 Å². The molecule has 0 unspecified atom stereocenters. The predicted octanol–water partition coefficient (Wildman–Crippen LogP) is 1.88. The molecule has 0 saturated heterocycles. The fourth-order valence-electron chi connectivity index (χ4n) is 2.05. The van der Waals surface area contributed by atoms with E-state index in [0.29, 0.717) is 6.54 Å². The lowest BCUT2D eigenvalue weighted by molar-refractivity contribution is 0.101. The third kappa shape index (κ3) is 1.74. The molecule has 0 spiro atoms. The van der Waals surface area contributed by atoms with Crippen molar-refractivity contribution in [3.63, 3.8) is 0 Å². The molecule has 1 heterocycles. The fourth-order valence-corrected chi connectivity index (χ4v) is 2.05. The van der Waals surface area contributed by atoms with Crippen molar-refractivity contribution in [1.29, 1.82) is 0 Å². The van der Waals surface area contributed by atoms with Crippen LogP contribution >= 0.6 is 0 Å². The summed E-state index contributed by atoms with van der Waals surface area (Å²) in [6.45, 7) is 2.22. The SMILES string of the molecule is CC(=O)c1ccc2c(c1)c(CCN)cn2C. The third-order valence-electron chi connectivity index (χ3n) is 2.89. The molecule has 2 N–H and O–H groups in total. The average Bonchev–Trinajstić information content (AvgIpc) is 2.56. The molecule has 16 heavy (non-hydrogen) atoms. The number of carbonyl (C=O) groups is 1. The summed E-state index contributed by atoms with van der Waals surface area (Å²) in [5, 5.41) is 1.14. The lowest BCUT2D eigenvalue weighted by Crippen LogP contribution is -2.02. The Morgan fingerprint density at radius 2 is 2.19 bits per heavy atom. The Balaban J connectivity index is 2.64. The number of aromatic nitrogens is 1. The highest BCUT2D eigenvalue weighted by molar-refractivity contribution is 5.98. The van der Waals surface area contributed by atoms with E-state index in [-0.39, 0.29) is 5.78 Å². The lowest BCUT2D eigenvalue weighted by Gasteiger charge is -1.99. The zero-order chi connectivity index (χ0) is 11.7. The minimum absolute atomic E-state index is 0.101. The Bertz CT molecular complexity index is 540. The van der Waals surface area contributed by atoms with Gasteiger partial charge in [0.2, 0.25) is 0 Å². The second-order valence-corrected chi connectivity index (χ2v) is 4.09. The average molecular weight is 216 g/mol. The van der Waals surface area contributed by atoms with Crippen molar-refractivity contribution < 1.29 is 4.79 Å². The van der Waals surface area contributed by atoms with E-state index in [1.54, 1.807) is 6.92 Å². The van der Waals surface area contributed by atoms with Gasteiger partial charge in [-0.25, -0.2) is 0 Å². The second kappa shape index (κ2) is 4.10. The molecule has 1 aromatic carbocycles. The first-order valence-corrected chi connectivity index (χ1v) is 5.42. The molecular formula is C13H16N2O. The van der Waals surface area contributed by atoms with Gasteiger partial charge in [-0.3, -0.25) is 4.79 Å². The van der Waals surface area contributed by atoms with Gasteiger partial charge in [0.1, 0.15) is 0 Å². The number of benzene rings is 1. The van der Waals surface area contributed by atoms with E-state index in [2.05, 4.69) is 10.8 Å². The van der Waals surface area contributed by atoms with E-state index in [0.717, 1.165) is 22.9 Å². The molecule has 0 amide bonds. The van der Waals surface area contributed by atoms with Crippen molar-refractivity contribution >= 4 is 16.7 Å². The summed E-state index contributed by atoms with van der Waals surface area (Å²) in [6, 6.07) is 5.83. The summed E-state index contributed by atoms with van der Waals surface area (Å²) in [7, 11) is 2.01. The zero-order valence-electron chi connectivity index (χ0n) is 9.66. The molecule has 3 heteroatoms. The second-order valence-electron chi connectivity index (χ2n) is 4.09. The highest BCUT2D eigenvalue weighted by Crippen LogP contribution is 2.22. The molecule has 0 fully saturated rings. The van der Waals surface area contributed by atoms with Crippen LogP contribution in [0.25, 0.3) is 10.9 Å². The summed E-state index contributed by atoms with van der Waals surface area (Å²) in [5.41, 5.74) is 8.70. The van der Waals surface area contributed by atoms with Crippen molar-refractivity contribution in [3.8, 4) is 0 Å². The van der Waals surface area contributed by atoms with Crippen LogP contribution in [0.1, 0.15) is 22.8 Å². The lowest BCUT2D eigenvalue weighted by atomic mass is 10.1. The summed E-state index contributed by atoms with van der Waals surface area (Å²) in [6.07, 6.45) is 2.93. The fraction of sp³-hybridized carbons (Fsp3) is 0.308. The number of rotatable bonds is 3. The Hall–Kier alpha value is -1.61. The number of aryl methyl sites for hydroxylation is 1. The van der Waals surface area contributed by atoms with E-state index < -0.39 is 0 Å². The van der Waals surface area contributed by atoms with Crippen LogP contribution in [0.5, 0.6) is 0 Å². The monoisotopic (exact) mass is 216 g/mol. The number of hydrogen-bond donors (Lipinski definition) is 1. The van der Waals surface area contributed by atoms with Crippen molar-refractivity contribution in [3.05, 3.63) is 35.5 Å². The highest BCUT2D eigenvalue weighted by atomic mass is 16.1. The van der Waals surface area contributed by atoms with Crippen LogP contribution in [0.4, 0.5) is 0 Å². The van der Waals surface area contributed by atoms with E-state index in [9.17, 15) is 4.79 Å². The Morgan fingerprint density at radius 1 is 1.44 bits per heavy atom. The van der Waals surface area contributed by atoms with E-state index in [1.165, 1.54) is 5.56 Å². The Morgan fingerprint density at radius 3 is 2.81 bits per heavy atom. The number of nitrogens with two attached hydrogens (primary N) is 1. The number of nitrogens with zero attached hydrogens (tertiary/aromatic N) is 1. The van der Waals surface area contributed by atoms with Gasteiger partial charge in [-0.05, 0) is 43.7 Å². The maximum atomic E-state index is 11.3. The molecule has 0 aliphatic rings. The standard InChI is InChI=1S/C13H16N2O/c1-9(16)10-3-4-13-12(7-10)11(5-6-14)8-15(13)2/h3-4,7-8H,5-6,14H2,1-2H3. The van der Waals surface area contributed by atoms with Gasteiger partial charge in [0.15, 0.2) is 5.78 Å². The third-order valence-corrected chi connectivity index (χ3v) is 2.89. The molecule has 0 saturated carbocycles. The molecule has 0 bridgehead atoms. The highest BCUT2D eigenvalue weighted by Gasteiger charge is 2.08. The number of ketones is 1. The van der Waals surface area contributed by atoms with Gasteiger partial charge < -0.3 is 10.3 Å². The number of carbonyl (C=O) groups excluding carboxylic acids is 1. The van der Waals surface area contributed by atoms with Gasteiger partial charge in [-0.2, -0.15) is 0 Å². The van der Waals surface area contributed by atoms with Gasteiger partial charge in [-0.15, -0.1) is 0 Å². The largest absolute Gasteiger partial charge is 0.350 e. The normalized spacial score (nSPS) is 10.9. The van der Waals surface area contributed by atoms with Crippen molar-refractivity contribution in [2.45, 2.75) is 13.3 Å². The van der Waals surface area contributed by atoms with Gasteiger partial charge in [0, 0.05) is 29.7 Å². The quantitative estimate of drug-likeness (QED) is 0.796. The first-order chi connectivity index (χ1) is 7.63. The van der Waals surface area contributed by atoms with Gasteiger partial charge in [0.25, 0.3) is 0 Å². The Kier molecular flexibility index (Phi) is 2.79. The van der Waals surface area contributed by atoms with Crippen LogP contribution in [0.15, 0.2) is 24.4 Å². The van der Waals surface area contributed by atoms with E-state index in [1.807, 2.05) is 25.2 Å². The number of fused-ring (bicyclic) bond motifs is 1. The first kappa shape index (κ1) is 10.9. The van der Waals surface area contributed by atoms with Crippen molar-refractivity contribution in [2.75, 3.05) is 6.54 Å². The molecular weight excluding hydrogens is 200 g/mol. The molecule has 1 aromatic heterocycles. The molecule has 2 aromatic rings. The molecule has 0 aliphatic carbocycles. The van der Waals surface area contributed by atoms with Gasteiger partial charge in [0.05, 0.1) is 0 Å². The van der Waals surface area contributed by atoms with Gasteiger partial charge in [-0.1, -0.05) is 0 Å². The summed E-state index contributed by atoms with van der Waals surface area (Å²) in [5.74, 6) is 0.101. The van der Waals surface area contributed by atoms with Crippen LogP contribution < -0.4 is 5.73 Å². The predicted molar refractivity (Wildman–Crippen MR) is 65.7 cm³/mol. The Labute approximate surface area is 94.9 Å². The minimum Gasteiger partial charge on any atom is -0.350 e.